The van der Waals surface area contributed by atoms with Crippen molar-refractivity contribution in [2.75, 3.05) is 11.9 Å². The van der Waals surface area contributed by atoms with E-state index in [4.69, 9.17) is 4.74 Å². The van der Waals surface area contributed by atoms with Crippen molar-refractivity contribution in [1.82, 2.24) is 19.9 Å². The van der Waals surface area contributed by atoms with Gasteiger partial charge in [0.05, 0.1) is 12.3 Å². The zero-order valence-corrected chi connectivity index (χ0v) is 11.6. The molecule has 2 rings (SSSR count). The van der Waals surface area contributed by atoms with Crippen molar-refractivity contribution < 1.29 is 9.13 Å². The highest BCUT2D eigenvalue weighted by atomic mass is 19.1. The average molecular weight is 277 g/mol. The summed E-state index contributed by atoms with van der Waals surface area (Å²) in [6.45, 7) is 6.34. The fourth-order valence-corrected chi connectivity index (χ4v) is 1.52. The molecule has 0 bridgehead atoms. The lowest BCUT2D eigenvalue weighted by Crippen LogP contribution is -2.12. The molecular formula is C13H16FN5O. The molecule has 0 aliphatic carbocycles. The van der Waals surface area contributed by atoms with Crippen LogP contribution in [0.5, 0.6) is 6.01 Å². The van der Waals surface area contributed by atoms with Crippen LogP contribution in [-0.2, 0) is 0 Å². The van der Waals surface area contributed by atoms with Crippen molar-refractivity contribution in [1.29, 1.82) is 0 Å². The highest BCUT2D eigenvalue weighted by Gasteiger charge is 2.11. The van der Waals surface area contributed by atoms with Gasteiger partial charge in [0.25, 0.3) is 0 Å². The Balaban J connectivity index is 2.43. The molecule has 1 N–H and O–H groups in total. The van der Waals surface area contributed by atoms with E-state index in [-0.39, 0.29) is 12.1 Å². The largest absolute Gasteiger partial charge is 0.461 e. The first-order valence-electron chi connectivity index (χ1n) is 6.36. The quantitative estimate of drug-likeness (QED) is 0.904. The number of hydrogen-bond acceptors (Lipinski definition) is 6. The summed E-state index contributed by atoms with van der Waals surface area (Å²) in [6, 6.07) is 1.52. The van der Waals surface area contributed by atoms with Crippen LogP contribution in [0, 0.1) is 5.82 Å². The van der Waals surface area contributed by atoms with E-state index < -0.39 is 5.82 Å². The molecule has 0 saturated heterocycles. The first-order chi connectivity index (χ1) is 9.58. The van der Waals surface area contributed by atoms with Gasteiger partial charge in [-0.1, -0.05) is 0 Å². The van der Waals surface area contributed by atoms with E-state index in [1.165, 1.54) is 12.3 Å². The summed E-state index contributed by atoms with van der Waals surface area (Å²) in [4.78, 5) is 16.3. The zero-order chi connectivity index (χ0) is 14.5. The van der Waals surface area contributed by atoms with Gasteiger partial charge in [0.2, 0.25) is 5.95 Å². The summed E-state index contributed by atoms with van der Waals surface area (Å²) in [5.41, 5.74) is 0.472. The minimum absolute atomic E-state index is 0.0645. The molecule has 0 unspecified atom stereocenters. The monoisotopic (exact) mass is 277 g/mol. The van der Waals surface area contributed by atoms with Gasteiger partial charge in [-0.2, -0.15) is 15.0 Å². The lowest BCUT2D eigenvalue weighted by Gasteiger charge is -2.10. The zero-order valence-electron chi connectivity index (χ0n) is 11.6. The summed E-state index contributed by atoms with van der Waals surface area (Å²) in [7, 11) is 0. The van der Waals surface area contributed by atoms with Gasteiger partial charge in [-0.25, -0.2) is 4.39 Å². The maximum Gasteiger partial charge on any atom is 0.322 e. The molecule has 2 aromatic heterocycles. The highest BCUT2D eigenvalue weighted by molar-refractivity contribution is 5.55. The Hall–Kier alpha value is -2.31. The van der Waals surface area contributed by atoms with E-state index in [0.717, 1.165) is 6.20 Å². The topological polar surface area (TPSA) is 72.8 Å². The molecule has 6 nitrogen and oxygen atoms in total. The summed E-state index contributed by atoms with van der Waals surface area (Å²) in [5, 5.41) is 2.99. The molecule has 0 amide bonds. The molecule has 0 aromatic carbocycles. The smallest absolute Gasteiger partial charge is 0.322 e. The van der Waals surface area contributed by atoms with Gasteiger partial charge in [0.1, 0.15) is 5.82 Å². The summed E-state index contributed by atoms with van der Waals surface area (Å²) in [5.74, 6) is 0.259. The van der Waals surface area contributed by atoms with Gasteiger partial charge >= 0.3 is 6.01 Å². The number of rotatable bonds is 5. The SMILES string of the molecule is CCNc1nc(OC(C)C)nc(-c2cncc(F)c2)n1. The van der Waals surface area contributed by atoms with Gasteiger partial charge in [-0.05, 0) is 26.8 Å². The molecule has 2 aromatic rings. The van der Waals surface area contributed by atoms with Crippen LogP contribution in [0.4, 0.5) is 10.3 Å². The second kappa shape index (κ2) is 6.23. The molecule has 0 radical (unpaired) electrons. The van der Waals surface area contributed by atoms with Crippen LogP contribution in [0.15, 0.2) is 18.5 Å². The molecule has 2 heterocycles. The van der Waals surface area contributed by atoms with Crippen LogP contribution in [0.25, 0.3) is 11.4 Å². The number of ether oxygens (including phenoxy) is 1. The summed E-state index contributed by atoms with van der Waals surface area (Å²) in [6.07, 6.45) is 2.56. The van der Waals surface area contributed by atoms with Crippen molar-refractivity contribution in [2.45, 2.75) is 26.9 Å². The first kappa shape index (κ1) is 14.1. The van der Waals surface area contributed by atoms with Gasteiger partial charge in [-0.3, -0.25) is 4.98 Å². The summed E-state index contributed by atoms with van der Waals surface area (Å²) >= 11 is 0. The Labute approximate surface area is 116 Å². The van der Waals surface area contributed by atoms with Crippen molar-refractivity contribution in [3.8, 4) is 17.4 Å². The van der Waals surface area contributed by atoms with Crippen LogP contribution in [0.2, 0.25) is 0 Å². The van der Waals surface area contributed by atoms with E-state index in [9.17, 15) is 4.39 Å². The third-order valence-corrected chi connectivity index (χ3v) is 2.25. The normalized spacial score (nSPS) is 10.7. The average Bonchev–Trinajstić information content (AvgIpc) is 2.38. The Morgan fingerprint density at radius 1 is 1.25 bits per heavy atom. The molecule has 106 valence electrons. The Morgan fingerprint density at radius 2 is 2.05 bits per heavy atom. The molecule has 0 aliphatic rings. The van der Waals surface area contributed by atoms with Crippen LogP contribution in [-0.4, -0.2) is 32.6 Å². The van der Waals surface area contributed by atoms with E-state index >= 15 is 0 Å². The molecule has 0 atom stereocenters. The second-order valence-corrected chi connectivity index (χ2v) is 4.35. The first-order valence-corrected chi connectivity index (χ1v) is 6.36. The Kier molecular flexibility index (Phi) is 4.39. The second-order valence-electron chi connectivity index (χ2n) is 4.35. The number of halogens is 1. The fourth-order valence-electron chi connectivity index (χ4n) is 1.52. The minimum atomic E-state index is -0.445. The van der Waals surface area contributed by atoms with Crippen molar-refractivity contribution >= 4 is 5.95 Å². The molecule has 7 heteroatoms. The predicted molar refractivity (Wildman–Crippen MR) is 72.9 cm³/mol. The molecule has 0 saturated carbocycles. The van der Waals surface area contributed by atoms with Crippen LogP contribution in [0.3, 0.4) is 0 Å². The number of anilines is 1. The van der Waals surface area contributed by atoms with Gasteiger partial charge in [0.15, 0.2) is 5.82 Å². The van der Waals surface area contributed by atoms with E-state index in [0.29, 0.717) is 23.9 Å². The number of pyridine rings is 1. The van der Waals surface area contributed by atoms with Crippen molar-refractivity contribution in [2.24, 2.45) is 0 Å². The highest BCUT2D eigenvalue weighted by Crippen LogP contribution is 2.19. The Bertz CT molecular complexity index is 591. The molecule has 0 spiro atoms. The fraction of sp³-hybridized carbons (Fsp3) is 0.385. The predicted octanol–water partition coefficient (Wildman–Crippen LogP) is 2.29. The van der Waals surface area contributed by atoms with Crippen molar-refractivity contribution in [3.63, 3.8) is 0 Å². The van der Waals surface area contributed by atoms with Crippen molar-refractivity contribution in [3.05, 3.63) is 24.3 Å². The number of hydrogen-bond donors (Lipinski definition) is 1. The number of aromatic nitrogens is 4. The van der Waals surface area contributed by atoms with Crippen LogP contribution >= 0.6 is 0 Å². The van der Waals surface area contributed by atoms with E-state index in [2.05, 4.69) is 25.3 Å². The van der Waals surface area contributed by atoms with E-state index in [1.54, 1.807) is 0 Å². The lowest BCUT2D eigenvalue weighted by atomic mass is 10.2. The minimum Gasteiger partial charge on any atom is -0.461 e. The molecule has 0 aliphatic heterocycles. The van der Waals surface area contributed by atoms with Crippen LogP contribution in [0.1, 0.15) is 20.8 Å². The maximum absolute atomic E-state index is 13.2. The third kappa shape index (κ3) is 3.59. The number of nitrogens with one attached hydrogen (secondary N) is 1. The molecule has 0 fully saturated rings. The standard InChI is InChI=1S/C13H16FN5O/c1-4-16-12-17-11(9-5-10(14)7-15-6-9)18-13(19-12)20-8(2)3/h5-8H,4H2,1-3H3,(H,16,17,18,19). The molecular weight excluding hydrogens is 261 g/mol. The van der Waals surface area contributed by atoms with Crippen LogP contribution < -0.4 is 10.1 Å². The Morgan fingerprint density at radius 3 is 2.70 bits per heavy atom. The number of nitrogens with zero attached hydrogens (tertiary/aromatic N) is 4. The van der Waals surface area contributed by atoms with E-state index in [1.807, 2.05) is 20.8 Å². The molecule has 20 heavy (non-hydrogen) atoms. The third-order valence-electron chi connectivity index (χ3n) is 2.25. The van der Waals surface area contributed by atoms with Gasteiger partial charge < -0.3 is 10.1 Å². The lowest BCUT2D eigenvalue weighted by molar-refractivity contribution is 0.222. The maximum atomic E-state index is 13.2. The summed E-state index contributed by atoms with van der Waals surface area (Å²) < 4.78 is 18.7. The van der Waals surface area contributed by atoms with Gasteiger partial charge in [0, 0.05) is 18.3 Å². The van der Waals surface area contributed by atoms with Gasteiger partial charge in [-0.15, -0.1) is 0 Å².